The molecule has 0 saturated heterocycles. The third-order valence-electron chi connectivity index (χ3n) is 2.88. The summed E-state index contributed by atoms with van der Waals surface area (Å²) >= 11 is 3.35. The highest BCUT2D eigenvalue weighted by atomic mass is 79.9. The molecule has 0 N–H and O–H groups in total. The molecular weight excluding hydrogens is 335 g/mol. The van der Waals surface area contributed by atoms with Gasteiger partial charge in [-0.2, -0.15) is 23.5 Å². The number of benzene rings is 1. The number of aryl methyl sites for hydroxylation is 1. The van der Waals surface area contributed by atoms with Crippen LogP contribution < -0.4 is 0 Å². The minimum absolute atomic E-state index is 0.417. The van der Waals surface area contributed by atoms with Gasteiger partial charge in [-0.3, -0.25) is 0 Å². The fraction of sp³-hybridized carbons (Fsp3) is 0.231. The lowest BCUT2D eigenvalue weighted by molar-refractivity contribution is -0.137. The van der Waals surface area contributed by atoms with Gasteiger partial charge in [0.05, 0.1) is 38.7 Å². The Hall–Kier alpha value is -1.81. The molecule has 0 aliphatic rings. The van der Waals surface area contributed by atoms with Crippen molar-refractivity contribution in [3.63, 3.8) is 0 Å². The SMILES string of the molecule is Cc1nn(-c2ccc(C(F)(F)F)c(C#N)c2)c(C)c1Br. The fourth-order valence-electron chi connectivity index (χ4n) is 1.88. The van der Waals surface area contributed by atoms with Crippen LogP contribution in [-0.4, -0.2) is 9.78 Å². The number of aromatic nitrogens is 2. The highest BCUT2D eigenvalue weighted by molar-refractivity contribution is 9.10. The van der Waals surface area contributed by atoms with Gasteiger partial charge in [0, 0.05) is 0 Å². The van der Waals surface area contributed by atoms with Crippen LogP contribution in [0.25, 0.3) is 5.69 Å². The summed E-state index contributed by atoms with van der Waals surface area (Å²) in [7, 11) is 0. The maximum Gasteiger partial charge on any atom is 0.417 e. The van der Waals surface area contributed by atoms with Crippen LogP contribution in [-0.2, 0) is 6.18 Å². The number of alkyl halides is 3. The topological polar surface area (TPSA) is 41.6 Å². The zero-order valence-electron chi connectivity index (χ0n) is 10.6. The van der Waals surface area contributed by atoms with Gasteiger partial charge in [0.1, 0.15) is 0 Å². The molecular formula is C13H9BrF3N3. The molecule has 0 atom stereocenters. The first kappa shape index (κ1) is 14.6. The van der Waals surface area contributed by atoms with E-state index in [0.717, 1.165) is 21.9 Å². The lowest BCUT2D eigenvalue weighted by Crippen LogP contribution is -2.09. The average molecular weight is 344 g/mol. The number of hydrogen-bond acceptors (Lipinski definition) is 2. The first-order valence-corrected chi connectivity index (χ1v) is 6.38. The fourth-order valence-corrected chi connectivity index (χ4v) is 2.13. The van der Waals surface area contributed by atoms with E-state index in [2.05, 4.69) is 21.0 Å². The molecule has 0 aliphatic carbocycles. The second-order valence-electron chi connectivity index (χ2n) is 4.24. The van der Waals surface area contributed by atoms with E-state index in [1.54, 1.807) is 19.9 Å². The number of hydrogen-bond donors (Lipinski definition) is 0. The molecule has 1 aromatic carbocycles. The number of halogens is 4. The second kappa shape index (κ2) is 4.94. The quantitative estimate of drug-likeness (QED) is 0.780. The van der Waals surface area contributed by atoms with Crippen LogP contribution in [0.1, 0.15) is 22.5 Å². The summed E-state index contributed by atoms with van der Waals surface area (Å²) in [5.74, 6) is 0. The van der Waals surface area contributed by atoms with Crippen molar-refractivity contribution in [1.82, 2.24) is 9.78 Å². The summed E-state index contributed by atoms with van der Waals surface area (Å²) in [6, 6.07) is 4.97. The van der Waals surface area contributed by atoms with Crippen LogP contribution in [0.5, 0.6) is 0 Å². The van der Waals surface area contributed by atoms with Crippen molar-refractivity contribution in [3.8, 4) is 11.8 Å². The number of rotatable bonds is 1. The third kappa shape index (κ3) is 2.43. The van der Waals surface area contributed by atoms with E-state index in [0.29, 0.717) is 5.69 Å². The molecule has 1 aromatic heterocycles. The molecule has 104 valence electrons. The van der Waals surface area contributed by atoms with Gasteiger partial charge in [0.15, 0.2) is 0 Å². The molecule has 0 unspecified atom stereocenters. The van der Waals surface area contributed by atoms with Crippen LogP contribution in [0, 0.1) is 25.2 Å². The lowest BCUT2D eigenvalue weighted by atomic mass is 10.1. The van der Waals surface area contributed by atoms with Crippen molar-refractivity contribution >= 4 is 15.9 Å². The van der Waals surface area contributed by atoms with Gasteiger partial charge in [-0.15, -0.1) is 0 Å². The molecule has 2 aromatic rings. The Morgan fingerprint density at radius 1 is 1.30 bits per heavy atom. The first-order valence-electron chi connectivity index (χ1n) is 5.59. The monoisotopic (exact) mass is 343 g/mol. The zero-order valence-corrected chi connectivity index (χ0v) is 12.2. The van der Waals surface area contributed by atoms with Gasteiger partial charge >= 0.3 is 6.18 Å². The molecule has 0 bridgehead atoms. The van der Waals surface area contributed by atoms with Gasteiger partial charge in [-0.1, -0.05) is 0 Å². The predicted octanol–water partition coefficient (Wildman–Crippen LogP) is 4.14. The molecule has 0 radical (unpaired) electrons. The molecule has 0 spiro atoms. The van der Waals surface area contributed by atoms with Gasteiger partial charge in [-0.05, 0) is 48.0 Å². The van der Waals surface area contributed by atoms with E-state index in [1.165, 1.54) is 16.8 Å². The van der Waals surface area contributed by atoms with Crippen LogP contribution >= 0.6 is 15.9 Å². The Morgan fingerprint density at radius 2 is 1.95 bits per heavy atom. The van der Waals surface area contributed by atoms with E-state index in [1.807, 2.05) is 0 Å². The van der Waals surface area contributed by atoms with Crippen LogP contribution in [0.15, 0.2) is 22.7 Å². The van der Waals surface area contributed by atoms with E-state index < -0.39 is 17.3 Å². The average Bonchev–Trinajstić information content (AvgIpc) is 2.64. The molecule has 0 amide bonds. The minimum atomic E-state index is -4.54. The maximum atomic E-state index is 12.7. The largest absolute Gasteiger partial charge is 0.417 e. The summed E-state index contributed by atoms with van der Waals surface area (Å²) < 4.78 is 40.5. The Labute approximate surface area is 121 Å². The predicted molar refractivity (Wildman–Crippen MR) is 70.5 cm³/mol. The highest BCUT2D eigenvalue weighted by Crippen LogP contribution is 2.33. The molecule has 1 heterocycles. The van der Waals surface area contributed by atoms with Crippen LogP contribution in [0.4, 0.5) is 13.2 Å². The molecule has 7 heteroatoms. The van der Waals surface area contributed by atoms with E-state index in [4.69, 9.17) is 5.26 Å². The standard InChI is InChI=1S/C13H9BrF3N3/c1-7-12(14)8(2)20(19-7)10-3-4-11(13(15,16)17)9(5-10)6-18/h3-5H,1-2H3. The summed E-state index contributed by atoms with van der Waals surface area (Å²) in [5.41, 5.74) is 0.538. The van der Waals surface area contributed by atoms with Gasteiger partial charge in [0.25, 0.3) is 0 Å². The Kier molecular flexibility index (Phi) is 3.61. The van der Waals surface area contributed by atoms with E-state index in [-0.39, 0.29) is 0 Å². The lowest BCUT2D eigenvalue weighted by Gasteiger charge is -2.11. The molecule has 3 nitrogen and oxygen atoms in total. The maximum absolute atomic E-state index is 12.7. The summed E-state index contributed by atoms with van der Waals surface area (Å²) in [6.45, 7) is 3.57. The van der Waals surface area contributed by atoms with Gasteiger partial charge in [-0.25, -0.2) is 4.68 Å². The Morgan fingerprint density at radius 3 is 2.40 bits per heavy atom. The summed E-state index contributed by atoms with van der Waals surface area (Å²) in [5, 5.41) is 13.1. The molecule has 0 aliphatic heterocycles. The smallest absolute Gasteiger partial charge is 0.237 e. The van der Waals surface area contributed by atoms with E-state index >= 15 is 0 Å². The summed E-state index contributed by atoms with van der Waals surface area (Å²) in [6.07, 6.45) is -4.54. The number of nitriles is 1. The van der Waals surface area contributed by atoms with Gasteiger partial charge in [0.2, 0.25) is 0 Å². The number of nitrogens with zero attached hydrogens (tertiary/aromatic N) is 3. The van der Waals surface area contributed by atoms with Crippen molar-refractivity contribution in [2.45, 2.75) is 20.0 Å². The van der Waals surface area contributed by atoms with Crippen molar-refractivity contribution in [3.05, 3.63) is 45.2 Å². The normalized spacial score (nSPS) is 11.4. The van der Waals surface area contributed by atoms with Crippen LogP contribution in [0.3, 0.4) is 0 Å². The van der Waals surface area contributed by atoms with Gasteiger partial charge < -0.3 is 0 Å². The van der Waals surface area contributed by atoms with Crippen molar-refractivity contribution in [1.29, 1.82) is 5.26 Å². The van der Waals surface area contributed by atoms with Crippen molar-refractivity contribution in [2.24, 2.45) is 0 Å². The molecule has 20 heavy (non-hydrogen) atoms. The minimum Gasteiger partial charge on any atom is -0.237 e. The molecule has 2 rings (SSSR count). The van der Waals surface area contributed by atoms with Crippen molar-refractivity contribution < 1.29 is 13.2 Å². The first-order chi connectivity index (χ1) is 9.25. The van der Waals surface area contributed by atoms with Crippen LogP contribution in [0.2, 0.25) is 0 Å². The molecule has 0 saturated carbocycles. The third-order valence-corrected chi connectivity index (χ3v) is 4.02. The Bertz CT molecular complexity index is 711. The van der Waals surface area contributed by atoms with Crippen molar-refractivity contribution in [2.75, 3.05) is 0 Å². The van der Waals surface area contributed by atoms with E-state index in [9.17, 15) is 13.2 Å². The Balaban J connectivity index is 2.61. The highest BCUT2D eigenvalue weighted by Gasteiger charge is 2.33. The second-order valence-corrected chi connectivity index (χ2v) is 5.03. The molecule has 0 fully saturated rings. The summed E-state index contributed by atoms with van der Waals surface area (Å²) in [4.78, 5) is 0. The zero-order chi connectivity index (χ0) is 15.1.